The van der Waals surface area contributed by atoms with E-state index in [1.54, 1.807) is 0 Å². The summed E-state index contributed by atoms with van der Waals surface area (Å²) in [6.45, 7) is 2.41. The van der Waals surface area contributed by atoms with Crippen molar-refractivity contribution in [2.24, 2.45) is 0 Å². The maximum absolute atomic E-state index is 11.1. The Morgan fingerprint density at radius 1 is 1.69 bits per heavy atom. The summed E-state index contributed by atoms with van der Waals surface area (Å²) in [5.41, 5.74) is 5.23. The molecule has 1 rings (SSSR count). The molecule has 6 heteroatoms. The largest absolute Gasteiger partial charge is 0.460 e. The predicted octanol–water partition coefficient (Wildman–Crippen LogP) is 0.344. The smallest absolute Gasteiger partial charge is 0.378 e. The molecule has 72 valence electrons. The van der Waals surface area contributed by atoms with Crippen molar-refractivity contribution >= 4 is 11.9 Å². The van der Waals surface area contributed by atoms with Crippen molar-refractivity contribution in [1.82, 2.24) is 15.2 Å². The molecule has 0 radical (unpaired) electrons. The van der Waals surface area contributed by atoms with Gasteiger partial charge in [-0.05, 0) is 6.42 Å². The quantitative estimate of drug-likeness (QED) is 0.520. The number of aromatic nitrogens is 3. The van der Waals surface area contributed by atoms with Gasteiger partial charge in [0.2, 0.25) is 5.95 Å². The van der Waals surface area contributed by atoms with Crippen molar-refractivity contribution in [3.8, 4) is 0 Å². The molecule has 0 amide bonds. The van der Waals surface area contributed by atoms with Crippen LogP contribution in [-0.4, -0.2) is 27.8 Å². The molecule has 0 bridgehead atoms. The molecule has 0 saturated carbocycles. The lowest BCUT2D eigenvalue weighted by atomic mass is 10.4. The van der Waals surface area contributed by atoms with Gasteiger partial charge in [-0.2, -0.15) is 4.98 Å². The first-order chi connectivity index (χ1) is 6.24. The standard InChI is InChI=1S/C7H12N4O2/c1-2-3-4-13-6(12)5-9-7(8)11-10-5/h2-4H2,1H3,(H3,8,9,10,11). The molecule has 0 atom stereocenters. The third-order valence-electron chi connectivity index (χ3n) is 1.42. The maximum atomic E-state index is 11.1. The SMILES string of the molecule is CCCCOC(=O)c1n[nH]c(N)n1. The topological polar surface area (TPSA) is 93.9 Å². The molecule has 13 heavy (non-hydrogen) atoms. The molecule has 1 aromatic heterocycles. The van der Waals surface area contributed by atoms with Crippen LogP contribution in [0.4, 0.5) is 5.95 Å². The van der Waals surface area contributed by atoms with Crippen molar-refractivity contribution in [2.45, 2.75) is 19.8 Å². The van der Waals surface area contributed by atoms with Crippen molar-refractivity contribution in [3.05, 3.63) is 5.82 Å². The van der Waals surface area contributed by atoms with Crippen LogP contribution >= 0.6 is 0 Å². The van der Waals surface area contributed by atoms with Gasteiger partial charge in [0.15, 0.2) is 0 Å². The number of nitrogens with one attached hydrogen (secondary N) is 1. The number of nitrogens with zero attached hydrogens (tertiary/aromatic N) is 2. The molecule has 0 fully saturated rings. The van der Waals surface area contributed by atoms with Gasteiger partial charge in [0.05, 0.1) is 6.61 Å². The summed E-state index contributed by atoms with van der Waals surface area (Å²) < 4.78 is 4.84. The van der Waals surface area contributed by atoms with Gasteiger partial charge in [-0.3, -0.25) is 0 Å². The molecule has 1 aromatic rings. The predicted molar refractivity (Wildman–Crippen MR) is 46.0 cm³/mol. The Morgan fingerprint density at radius 2 is 2.46 bits per heavy atom. The lowest BCUT2D eigenvalue weighted by Gasteiger charge is -1.98. The second-order valence-corrected chi connectivity index (χ2v) is 2.53. The summed E-state index contributed by atoms with van der Waals surface area (Å²) in [6.07, 6.45) is 1.81. The number of carbonyl (C=O) groups excluding carboxylic acids is 1. The van der Waals surface area contributed by atoms with Crippen LogP contribution in [0.15, 0.2) is 0 Å². The van der Waals surface area contributed by atoms with Gasteiger partial charge in [-0.1, -0.05) is 13.3 Å². The molecular weight excluding hydrogens is 172 g/mol. The highest BCUT2D eigenvalue weighted by Crippen LogP contribution is 1.97. The van der Waals surface area contributed by atoms with Crippen LogP contribution in [0, 0.1) is 0 Å². The number of aromatic amines is 1. The minimum atomic E-state index is -0.540. The van der Waals surface area contributed by atoms with Gasteiger partial charge in [0, 0.05) is 0 Å². The van der Waals surface area contributed by atoms with Crippen molar-refractivity contribution < 1.29 is 9.53 Å². The minimum Gasteiger partial charge on any atom is -0.460 e. The number of unbranched alkanes of at least 4 members (excludes halogenated alkanes) is 1. The number of hydrogen-bond donors (Lipinski definition) is 2. The Labute approximate surface area is 75.5 Å². The van der Waals surface area contributed by atoms with E-state index in [0.29, 0.717) is 6.61 Å². The minimum absolute atomic E-state index is 0.0198. The first-order valence-corrected chi connectivity index (χ1v) is 4.09. The lowest BCUT2D eigenvalue weighted by Crippen LogP contribution is -2.08. The molecule has 0 aliphatic heterocycles. The van der Waals surface area contributed by atoms with Crippen LogP contribution in [0.3, 0.4) is 0 Å². The molecule has 0 aliphatic carbocycles. The molecule has 1 heterocycles. The molecule has 0 aliphatic rings. The normalized spacial score (nSPS) is 9.92. The molecular formula is C7H12N4O2. The maximum Gasteiger partial charge on any atom is 0.378 e. The zero-order valence-electron chi connectivity index (χ0n) is 7.41. The number of H-pyrrole nitrogens is 1. The Bertz CT molecular complexity index is 284. The first kappa shape index (κ1) is 9.50. The van der Waals surface area contributed by atoms with Gasteiger partial charge in [-0.15, -0.1) is 5.10 Å². The lowest BCUT2D eigenvalue weighted by molar-refractivity contribution is 0.0486. The van der Waals surface area contributed by atoms with Crippen LogP contribution < -0.4 is 5.73 Å². The highest BCUT2D eigenvalue weighted by Gasteiger charge is 2.11. The fraction of sp³-hybridized carbons (Fsp3) is 0.571. The van der Waals surface area contributed by atoms with E-state index in [1.165, 1.54) is 0 Å². The van der Waals surface area contributed by atoms with Gasteiger partial charge in [0.1, 0.15) is 0 Å². The third-order valence-corrected chi connectivity index (χ3v) is 1.42. The average molecular weight is 184 g/mol. The van der Waals surface area contributed by atoms with Crippen LogP contribution in [0.2, 0.25) is 0 Å². The van der Waals surface area contributed by atoms with Crippen molar-refractivity contribution in [2.75, 3.05) is 12.3 Å². The summed E-state index contributed by atoms with van der Waals surface area (Å²) in [7, 11) is 0. The summed E-state index contributed by atoms with van der Waals surface area (Å²) in [5.74, 6) is -0.447. The number of hydrogen-bond acceptors (Lipinski definition) is 5. The number of rotatable bonds is 4. The fourth-order valence-corrected chi connectivity index (χ4v) is 0.739. The van der Waals surface area contributed by atoms with Crippen LogP contribution in [-0.2, 0) is 4.74 Å². The monoisotopic (exact) mass is 184 g/mol. The highest BCUT2D eigenvalue weighted by molar-refractivity contribution is 5.85. The number of anilines is 1. The third kappa shape index (κ3) is 2.73. The summed E-state index contributed by atoms with van der Waals surface area (Å²) >= 11 is 0. The average Bonchev–Trinajstić information content (AvgIpc) is 2.52. The van der Waals surface area contributed by atoms with E-state index < -0.39 is 5.97 Å². The molecule has 6 nitrogen and oxygen atoms in total. The van der Waals surface area contributed by atoms with Crippen LogP contribution in [0.1, 0.15) is 30.4 Å². The molecule has 0 spiro atoms. The van der Waals surface area contributed by atoms with Gasteiger partial charge in [0.25, 0.3) is 5.82 Å². The van der Waals surface area contributed by atoms with E-state index in [9.17, 15) is 4.79 Å². The fourth-order valence-electron chi connectivity index (χ4n) is 0.739. The van der Waals surface area contributed by atoms with Crippen LogP contribution in [0.5, 0.6) is 0 Å². The molecule has 0 unspecified atom stereocenters. The number of carbonyl (C=O) groups is 1. The second kappa shape index (κ2) is 4.44. The number of nitrogens with two attached hydrogens (primary N) is 1. The van der Waals surface area contributed by atoms with Crippen molar-refractivity contribution in [3.63, 3.8) is 0 Å². The van der Waals surface area contributed by atoms with E-state index in [-0.39, 0.29) is 11.8 Å². The molecule has 0 saturated heterocycles. The Hall–Kier alpha value is -1.59. The molecule has 0 aromatic carbocycles. The Kier molecular flexibility index (Phi) is 3.24. The van der Waals surface area contributed by atoms with E-state index in [2.05, 4.69) is 15.2 Å². The van der Waals surface area contributed by atoms with Crippen molar-refractivity contribution in [1.29, 1.82) is 0 Å². The highest BCUT2D eigenvalue weighted by atomic mass is 16.5. The van der Waals surface area contributed by atoms with Gasteiger partial charge < -0.3 is 10.5 Å². The zero-order valence-corrected chi connectivity index (χ0v) is 7.41. The Balaban J connectivity index is 2.40. The van der Waals surface area contributed by atoms with E-state index in [4.69, 9.17) is 10.5 Å². The zero-order chi connectivity index (χ0) is 9.68. The summed E-state index contributed by atoms with van der Waals surface area (Å²) in [4.78, 5) is 14.7. The summed E-state index contributed by atoms with van der Waals surface area (Å²) in [5, 5.41) is 5.91. The number of nitrogen functional groups attached to an aromatic ring is 1. The summed E-state index contributed by atoms with van der Waals surface area (Å²) in [6, 6.07) is 0. The van der Waals surface area contributed by atoms with Gasteiger partial charge >= 0.3 is 5.97 Å². The second-order valence-electron chi connectivity index (χ2n) is 2.53. The van der Waals surface area contributed by atoms with Gasteiger partial charge in [-0.25, -0.2) is 9.89 Å². The first-order valence-electron chi connectivity index (χ1n) is 4.09. The van der Waals surface area contributed by atoms with E-state index in [0.717, 1.165) is 12.8 Å². The Morgan fingerprint density at radius 3 is 3.00 bits per heavy atom. The molecule has 3 N–H and O–H groups in total. The van der Waals surface area contributed by atoms with E-state index in [1.807, 2.05) is 6.92 Å². The van der Waals surface area contributed by atoms with E-state index >= 15 is 0 Å². The number of esters is 1. The number of ether oxygens (including phenoxy) is 1. The van der Waals surface area contributed by atoms with Crippen LogP contribution in [0.25, 0.3) is 0 Å².